The van der Waals surface area contributed by atoms with Crippen LogP contribution in [-0.2, 0) is 17.1 Å². The van der Waals surface area contributed by atoms with Gasteiger partial charge in [0.05, 0.1) is 7.11 Å². The van der Waals surface area contributed by atoms with Gasteiger partial charge in [0.2, 0.25) is 0 Å². The predicted molar refractivity (Wildman–Crippen MR) is 83.8 cm³/mol. The maximum Gasteiger partial charge on any atom is 0.105 e. The summed E-state index contributed by atoms with van der Waals surface area (Å²) in [6.45, 7) is 0. The van der Waals surface area contributed by atoms with Gasteiger partial charge in [0.15, 0.2) is 0 Å². The average molecular weight is 371 g/mol. The van der Waals surface area contributed by atoms with Crippen LogP contribution in [0.4, 0.5) is 0 Å². The monoisotopic (exact) mass is 370 g/mol. The molecule has 0 saturated carbocycles. The quantitative estimate of drug-likeness (QED) is 0.442. The molecule has 3 heteroatoms. The number of hydrogen-bond donors (Lipinski definition) is 0. The molecule has 0 N–H and O–H groups in total. The second kappa shape index (κ2) is 8.80. The normalized spacial score (nSPS) is 9.10. The number of benzene rings is 1. The first-order valence-corrected chi connectivity index (χ1v) is 6.83. The van der Waals surface area contributed by atoms with E-state index in [0.717, 1.165) is 10.2 Å². The molecule has 0 spiro atoms. The predicted octanol–water partition coefficient (Wildman–Crippen LogP) is 5.25. The fourth-order valence-corrected chi connectivity index (χ4v) is 2.32. The molecular weight excluding hydrogens is 356 g/mol. The van der Waals surface area contributed by atoms with Crippen molar-refractivity contribution in [3.63, 3.8) is 0 Å². The molecule has 0 aliphatic heterocycles. The zero-order chi connectivity index (χ0) is 13.5. The maximum absolute atomic E-state index is 5.14. The van der Waals surface area contributed by atoms with E-state index < -0.39 is 0 Å². The second-order valence-corrected chi connectivity index (χ2v) is 4.84. The van der Waals surface area contributed by atoms with Crippen molar-refractivity contribution < 1.29 is 21.8 Å². The Bertz CT molecular complexity index is 568. The van der Waals surface area contributed by atoms with Crippen molar-refractivity contribution in [2.24, 2.45) is 0 Å². The van der Waals surface area contributed by atoms with Crippen LogP contribution in [0.25, 0.3) is 11.1 Å². The molecule has 0 bridgehead atoms. The zero-order valence-corrected chi connectivity index (χ0v) is 13.8. The Morgan fingerprint density at radius 2 is 1.55 bits per heavy atom. The summed E-state index contributed by atoms with van der Waals surface area (Å²) in [5.74, 6) is 0.868. The fourth-order valence-electron chi connectivity index (χ4n) is 1.73. The summed E-state index contributed by atoms with van der Waals surface area (Å²) < 4.78 is 6.20. The third-order valence-electron chi connectivity index (χ3n) is 2.71. The summed E-state index contributed by atoms with van der Waals surface area (Å²) in [6.07, 6.45) is 0. The molecule has 0 aliphatic carbocycles. The van der Waals surface area contributed by atoms with E-state index in [0.29, 0.717) is 0 Å². The van der Waals surface area contributed by atoms with Crippen LogP contribution in [0.5, 0.6) is 5.75 Å². The van der Waals surface area contributed by atoms with Crippen LogP contribution >= 0.6 is 15.9 Å². The largest absolute Gasteiger partial charge is 0.748 e. The first kappa shape index (κ1) is 16.8. The Hall–Kier alpha value is -1.28. The van der Waals surface area contributed by atoms with Crippen molar-refractivity contribution in [1.82, 2.24) is 0 Å². The fraction of sp³-hybridized carbons (Fsp3) is 0.0588. The van der Waals surface area contributed by atoms with Crippen LogP contribution in [0.3, 0.4) is 0 Å². The summed E-state index contributed by atoms with van der Waals surface area (Å²) in [4.78, 5) is 0. The van der Waals surface area contributed by atoms with E-state index in [1.807, 2.05) is 54.6 Å². The van der Waals surface area contributed by atoms with Crippen molar-refractivity contribution in [3.8, 4) is 16.9 Å². The molecule has 0 saturated heterocycles. The topological polar surface area (TPSA) is 9.23 Å². The Kier molecular flexibility index (Phi) is 7.38. The van der Waals surface area contributed by atoms with Gasteiger partial charge >= 0.3 is 0 Å². The van der Waals surface area contributed by atoms with E-state index in [1.54, 1.807) is 7.11 Å². The molecule has 0 unspecified atom stereocenters. The minimum Gasteiger partial charge on any atom is -0.748 e. The van der Waals surface area contributed by atoms with E-state index in [9.17, 15) is 0 Å². The smallest absolute Gasteiger partial charge is 0.105 e. The van der Waals surface area contributed by atoms with Crippen molar-refractivity contribution in [3.05, 3.63) is 77.3 Å². The van der Waals surface area contributed by atoms with E-state index in [4.69, 9.17) is 4.74 Å². The van der Waals surface area contributed by atoms with Gasteiger partial charge in [-0.3, -0.25) is 0 Å². The molecule has 0 aromatic heterocycles. The van der Waals surface area contributed by atoms with Crippen molar-refractivity contribution in [1.29, 1.82) is 0 Å². The van der Waals surface area contributed by atoms with Crippen molar-refractivity contribution in [2.45, 2.75) is 0 Å². The SMILES string of the molecule is COc1ccc(-[c-]2cccc2)c(Br)c1.[Fe].[cH-]1[cH-][cH-][cH-][cH-]1. The average Bonchev–Trinajstić information content (AvgIpc) is 3.14. The number of methoxy groups -OCH3 is 1. The first-order chi connectivity index (χ1) is 9.31. The standard InChI is InChI=1S/C12H10BrO.C5H5.Fe/c1-14-10-6-7-11(12(13)8-10)9-4-2-3-5-9;1-2-4-5-3-1;/h2-8H,1H3;1-5H;/q-1;-5;. The molecule has 3 aromatic rings. The summed E-state index contributed by atoms with van der Waals surface area (Å²) >= 11 is 3.53. The van der Waals surface area contributed by atoms with Gasteiger partial charge in [0.1, 0.15) is 5.75 Å². The van der Waals surface area contributed by atoms with Crippen LogP contribution in [0.1, 0.15) is 0 Å². The number of hydrogen-bond acceptors (Lipinski definition) is 1. The molecule has 0 heterocycles. The summed E-state index contributed by atoms with van der Waals surface area (Å²) in [7, 11) is 1.67. The van der Waals surface area contributed by atoms with E-state index in [1.165, 1.54) is 11.1 Å². The Labute approximate surface area is 138 Å². The van der Waals surface area contributed by atoms with Crippen LogP contribution in [0, 0.1) is 0 Å². The second-order valence-electron chi connectivity index (χ2n) is 3.98. The third kappa shape index (κ3) is 4.68. The molecule has 0 radical (unpaired) electrons. The number of halogens is 1. The molecule has 110 valence electrons. The van der Waals surface area contributed by atoms with Crippen molar-refractivity contribution >= 4 is 15.9 Å². The van der Waals surface area contributed by atoms with Crippen LogP contribution < -0.4 is 4.74 Å². The van der Waals surface area contributed by atoms with Gasteiger partial charge in [0.25, 0.3) is 0 Å². The third-order valence-corrected chi connectivity index (χ3v) is 3.36. The minimum absolute atomic E-state index is 0. The van der Waals surface area contributed by atoms with Crippen molar-refractivity contribution in [2.75, 3.05) is 7.11 Å². The van der Waals surface area contributed by atoms with E-state index in [2.05, 4.69) is 34.1 Å². The van der Waals surface area contributed by atoms with Gasteiger partial charge in [-0.1, -0.05) is 11.6 Å². The van der Waals surface area contributed by atoms with Gasteiger partial charge in [-0.25, -0.2) is 0 Å². The first-order valence-electron chi connectivity index (χ1n) is 6.03. The maximum atomic E-state index is 5.14. The van der Waals surface area contributed by atoms with Gasteiger partial charge in [-0.2, -0.15) is 12.1 Å². The van der Waals surface area contributed by atoms with E-state index in [-0.39, 0.29) is 17.1 Å². The van der Waals surface area contributed by atoms with Gasteiger partial charge in [-0.15, -0.1) is 39.7 Å². The van der Waals surface area contributed by atoms with Gasteiger partial charge in [-0.05, 0) is 10.5 Å². The van der Waals surface area contributed by atoms with E-state index >= 15 is 0 Å². The molecule has 20 heavy (non-hydrogen) atoms. The molecule has 0 aliphatic rings. The Balaban J connectivity index is 0.000000283. The summed E-state index contributed by atoms with van der Waals surface area (Å²) in [5, 5.41) is 0. The van der Waals surface area contributed by atoms with Crippen LogP contribution in [0.2, 0.25) is 0 Å². The Morgan fingerprint density at radius 1 is 1.00 bits per heavy atom. The summed E-state index contributed by atoms with van der Waals surface area (Å²) in [6, 6.07) is 24.2. The molecule has 1 nitrogen and oxygen atoms in total. The molecule has 0 amide bonds. The van der Waals surface area contributed by atoms with Gasteiger partial charge in [0, 0.05) is 17.1 Å². The molecule has 3 rings (SSSR count). The Morgan fingerprint density at radius 3 is 2.00 bits per heavy atom. The number of rotatable bonds is 2. The minimum atomic E-state index is 0. The van der Waals surface area contributed by atoms with Crippen LogP contribution in [0.15, 0.2) is 77.3 Å². The van der Waals surface area contributed by atoms with Crippen LogP contribution in [-0.4, -0.2) is 7.11 Å². The summed E-state index contributed by atoms with van der Waals surface area (Å²) in [5.41, 5.74) is 2.41. The van der Waals surface area contributed by atoms with Gasteiger partial charge < -0.3 is 35.1 Å². The molecule has 3 aromatic carbocycles. The number of ether oxygens (including phenoxy) is 1. The molecule has 0 atom stereocenters. The molecule has 0 fully saturated rings. The zero-order valence-electron chi connectivity index (χ0n) is 11.1. The molecular formula is C17H15BrFeO-6.